The Morgan fingerprint density at radius 2 is 0.863 bits per heavy atom. The lowest BCUT2D eigenvalue weighted by Gasteiger charge is -2.32. The van der Waals surface area contributed by atoms with Crippen molar-refractivity contribution in [1.82, 2.24) is 4.98 Å². The van der Waals surface area contributed by atoms with E-state index in [1.54, 1.807) is 0 Å². The highest BCUT2D eigenvalue weighted by molar-refractivity contribution is 6.09. The van der Waals surface area contributed by atoms with Gasteiger partial charge in [-0.2, -0.15) is 0 Å². The first-order chi connectivity index (χ1) is 25.3. The van der Waals surface area contributed by atoms with Gasteiger partial charge in [-0.25, -0.2) is 0 Å². The molecule has 0 aliphatic heterocycles. The Morgan fingerprint density at radius 3 is 1.57 bits per heavy atom. The molecule has 1 spiro atoms. The first-order valence-electron chi connectivity index (χ1n) is 17.7. The van der Waals surface area contributed by atoms with E-state index in [4.69, 9.17) is 0 Å². The van der Waals surface area contributed by atoms with Crippen molar-refractivity contribution in [3.63, 3.8) is 0 Å². The van der Waals surface area contributed by atoms with Gasteiger partial charge in [-0.05, 0) is 92.5 Å². The zero-order valence-electron chi connectivity index (χ0n) is 27.8. The van der Waals surface area contributed by atoms with Gasteiger partial charge in [0.2, 0.25) is 0 Å². The molecule has 0 fully saturated rings. The monoisotopic (exact) mass is 648 g/mol. The van der Waals surface area contributed by atoms with E-state index in [2.05, 4.69) is 198 Å². The van der Waals surface area contributed by atoms with E-state index in [9.17, 15) is 0 Å². The fourth-order valence-corrected chi connectivity index (χ4v) is 9.15. The van der Waals surface area contributed by atoms with Crippen LogP contribution in [0, 0.1) is 0 Å². The van der Waals surface area contributed by atoms with E-state index in [-0.39, 0.29) is 0 Å². The average Bonchev–Trinajstić information content (AvgIpc) is 3.82. The Balaban J connectivity index is 1.22. The number of nitrogens with one attached hydrogen (secondary N) is 1. The summed E-state index contributed by atoms with van der Waals surface area (Å²) in [5.41, 5.74) is 18.3. The molecule has 11 rings (SSSR count). The van der Waals surface area contributed by atoms with Crippen LogP contribution in [-0.2, 0) is 5.41 Å². The fourth-order valence-electron chi connectivity index (χ4n) is 9.15. The summed E-state index contributed by atoms with van der Waals surface area (Å²) in [6.45, 7) is 0. The molecule has 0 atom stereocenters. The van der Waals surface area contributed by atoms with Crippen molar-refractivity contribution in [3.8, 4) is 33.4 Å². The van der Waals surface area contributed by atoms with Gasteiger partial charge >= 0.3 is 0 Å². The van der Waals surface area contributed by atoms with Gasteiger partial charge in [0.05, 0.1) is 11.1 Å². The van der Waals surface area contributed by atoms with Crippen LogP contribution in [0.2, 0.25) is 0 Å². The van der Waals surface area contributed by atoms with Gasteiger partial charge in [0.25, 0.3) is 0 Å². The Morgan fingerprint density at radius 1 is 0.353 bits per heavy atom. The Kier molecular flexibility index (Phi) is 5.91. The second-order valence-electron chi connectivity index (χ2n) is 13.7. The standard InChI is InChI=1S/C49H32N2/c1-2-14-32(15-3-1)35-16-8-13-25-48(35)51(33-27-29-47-41(30-33)40-20-7-12-24-46(40)50-47)34-26-28-39-38-19-6-11-23-44(38)49(45(39)31-34)42-21-9-4-17-36(42)37-18-5-10-22-43(37)49/h1-31,50H. The first kappa shape index (κ1) is 28.2. The molecular formula is C49H32N2. The first-order valence-corrected chi connectivity index (χ1v) is 17.7. The number of benzene rings is 8. The topological polar surface area (TPSA) is 19.0 Å². The maximum Gasteiger partial charge on any atom is 0.0726 e. The van der Waals surface area contributed by atoms with Crippen molar-refractivity contribution >= 4 is 38.9 Å². The molecular weight excluding hydrogens is 617 g/mol. The Labute approximate surface area is 296 Å². The summed E-state index contributed by atoms with van der Waals surface area (Å²) in [4.78, 5) is 6.10. The van der Waals surface area contributed by atoms with Crippen molar-refractivity contribution in [1.29, 1.82) is 0 Å². The molecule has 238 valence electrons. The molecule has 2 heteroatoms. The molecule has 0 unspecified atom stereocenters. The normalized spacial score (nSPS) is 13.3. The predicted octanol–water partition coefficient (Wildman–Crippen LogP) is 12.8. The lowest BCUT2D eigenvalue weighted by Crippen LogP contribution is -2.26. The number of hydrogen-bond acceptors (Lipinski definition) is 1. The van der Waals surface area contributed by atoms with Crippen molar-refractivity contribution in [2.45, 2.75) is 5.41 Å². The zero-order valence-corrected chi connectivity index (χ0v) is 27.8. The molecule has 0 saturated carbocycles. The largest absolute Gasteiger partial charge is 0.355 e. The van der Waals surface area contributed by atoms with Crippen LogP contribution < -0.4 is 4.90 Å². The molecule has 2 aliphatic rings. The molecule has 9 aromatic rings. The third-order valence-electron chi connectivity index (χ3n) is 11.2. The van der Waals surface area contributed by atoms with Crippen molar-refractivity contribution in [2.24, 2.45) is 0 Å². The second kappa shape index (κ2) is 10.7. The molecule has 2 aliphatic carbocycles. The second-order valence-corrected chi connectivity index (χ2v) is 13.7. The van der Waals surface area contributed by atoms with Crippen molar-refractivity contribution in [3.05, 3.63) is 210 Å². The number of hydrogen-bond donors (Lipinski definition) is 1. The highest BCUT2D eigenvalue weighted by Crippen LogP contribution is 2.63. The van der Waals surface area contributed by atoms with Crippen LogP contribution in [0.25, 0.3) is 55.2 Å². The molecule has 0 bridgehead atoms. The molecule has 0 amide bonds. The van der Waals surface area contributed by atoms with Crippen LogP contribution in [0.4, 0.5) is 17.1 Å². The molecule has 0 saturated heterocycles. The maximum absolute atomic E-state index is 3.64. The highest BCUT2D eigenvalue weighted by atomic mass is 15.1. The summed E-state index contributed by atoms with van der Waals surface area (Å²) < 4.78 is 0. The smallest absolute Gasteiger partial charge is 0.0726 e. The number of para-hydroxylation sites is 2. The number of rotatable bonds is 4. The molecule has 1 N–H and O–H groups in total. The lowest BCUT2D eigenvalue weighted by atomic mass is 9.70. The van der Waals surface area contributed by atoms with E-state index in [0.717, 1.165) is 28.1 Å². The summed E-state index contributed by atoms with van der Waals surface area (Å²) >= 11 is 0. The van der Waals surface area contributed by atoms with Gasteiger partial charge in [0, 0.05) is 38.7 Å². The molecule has 1 heterocycles. The number of nitrogens with zero attached hydrogens (tertiary/aromatic N) is 1. The van der Waals surface area contributed by atoms with Crippen LogP contribution in [-0.4, -0.2) is 4.98 Å². The zero-order chi connectivity index (χ0) is 33.5. The number of fused-ring (bicyclic) bond motifs is 13. The summed E-state index contributed by atoms with van der Waals surface area (Å²) in [6, 6.07) is 69.3. The Bertz CT molecular complexity index is 2760. The summed E-state index contributed by atoms with van der Waals surface area (Å²) in [5.74, 6) is 0. The highest BCUT2D eigenvalue weighted by Gasteiger charge is 2.51. The van der Waals surface area contributed by atoms with Crippen molar-refractivity contribution in [2.75, 3.05) is 4.90 Å². The lowest BCUT2D eigenvalue weighted by molar-refractivity contribution is 0.793. The quantitative estimate of drug-likeness (QED) is 0.201. The summed E-state index contributed by atoms with van der Waals surface area (Å²) in [6.07, 6.45) is 0. The minimum atomic E-state index is -0.416. The van der Waals surface area contributed by atoms with Crippen LogP contribution in [0.5, 0.6) is 0 Å². The van der Waals surface area contributed by atoms with E-state index in [0.29, 0.717) is 0 Å². The third kappa shape index (κ3) is 3.87. The van der Waals surface area contributed by atoms with Gasteiger partial charge < -0.3 is 9.88 Å². The third-order valence-corrected chi connectivity index (χ3v) is 11.2. The number of H-pyrrole nitrogens is 1. The van der Waals surface area contributed by atoms with E-state index < -0.39 is 5.41 Å². The van der Waals surface area contributed by atoms with Gasteiger partial charge in [0.1, 0.15) is 0 Å². The van der Waals surface area contributed by atoms with Crippen LogP contribution in [0.1, 0.15) is 22.3 Å². The fraction of sp³-hybridized carbons (Fsp3) is 0.0204. The van der Waals surface area contributed by atoms with Crippen molar-refractivity contribution < 1.29 is 0 Å². The number of anilines is 3. The maximum atomic E-state index is 3.64. The van der Waals surface area contributed by atoms with E-state index in [1.807, 2.05) is 0 Å². The molecule has 51 heavy (non-hydrogen) atoms. The minimum Gasteiger partial charge on any atom is -0.355 e. The molecule has 1 aromatic heterocycles. The summed E-state index contributed by atoms with van der Waals surface area (Å²) in [7, 11) is 0. The van der Waals surface area contributed by atoms with E-state index in [1.165, 1.54) is 66.4 Å². The average molecular weight is 649 g/mol. The summed E-state index contributed by atoms with van der Waals surface area (Å²) in [5, 5.41) is 2.45. The van der Waals surface area contributed by atoms with Gasteiger partial charge in [0.15, 0.2) is 0 Å². The van der Waals surface area contributed by atoms with Gasteiger partial charge in [-0.15, -0.1) is 0 Å². The van der Waals surface area contributed by atoms with Crippen LogP contribution in [0.3, 0.4) is 0 Å². The molecule has 0 radical (unpaired) electrons. The molecule has 2 nitrogen and oxygen atoms in total. The van der Waals surface area contributed by atoms with Crippen LogP contribution in [0.15, 0.2) is 188 Å². The van der Waals surface area contributed by atoms with Gasteiger partial charge in [-0.1, -0.05) is 146 Å². The number of aromatic amines is 1. The van der Waals surface area contributed by atoms with Crippen LogP contribution >= 0.6 is 0 Å². The predicted molar refractivity (Wildman–Crippen MR) is 212 cm³/mol. The van der Waals surface area contributed by atoms with E-state index >= 15 is 0 Å². The molecule has 8 aromatic carbocycles. The Hall–Kier alpha value is -6.64. The number of aromatic nitrogens is 1. The minimum absolute atomic E-state index is 0.416. The SMILES string of the molecule is c1ccc(-c2ccccc2N(c2ccc3c(c2)C2(c4ccccc4-c4ccccc42)c2ccccc2-3)c2ccc3[nH]c4ccccc4c3c2)cc1. The van der Waals surface area contributed by atoms with Gasteiger partial charge in [-0.3, -0.25) is 0 Å².